The fraction of sp³-hybridized carbons (Fsp3) is 0.571. The number of rotatable bonds is 3. The lowest BCUT2D eigenvalue weighted by atomic mass is 10.0. The van der Waals surface area contributed by atoms with Crippen molar-refractivity contribution >= 4 is 22.6 Å². The summed E-state index contributed by atoms with van der Waals surface area (Å²) in [5.74, 6) is 1.00. The zero-order chi connectivity index (χ0) is 13.7. The number of halogens is 1. The molecule has 1 aliphatic carbocycles. The van der Waals surface area contributed by atoms with E-state index in [0.29, 0.717) is 24.9 Å². The summed E-state index contributed by atoms with van der Waals surface area (Å²) in [7, 11) is -3.35. The molecule has 2 unspecified atom stereocenters. The third-order valence-corrected chi connectivity index (χ3v) is 6.37. The van der Waals surface area contributed by atoms with E-state index in [1.807, 2.05) is 18.2 Å². The second-order valence-corrected chi connectivity index (χ2v) is 7.69. The Bertz CT molecular complexity index is 627. The molecule has 0 radical (unpaired) electrons. The maximum absolute atomic E-state index is 12.5. The van der Waals surface area contributed by atoms with Gasteiger partial charge in [0.2, 0.25) is 0 Å². The summed E-state index contributed by atoms with van der Waals surface area (Å²) < 4.78 is 29.4. The maximum atomic E-state index is 12.5. The molecule has 1 aromatic carbocycles. The van der Waals surface area contributed by atoms with Crippen molar-refractivity contribution in [2.45, 2.75) is 19.0 Å². The van der Waals surface area contributed by atoms with Gasteiger partial charge in [-0.25, -0.2) is 0 Å². The number of benzene rings is 1. The van der Waals surface area contributed by atoms with Gasteiger partial charge >= 0.3 is 0 Å². The third-order valence-electron chi connectivity index (χ3n) is 4.81. The zero-order valence-corrected chi connectivity index (χ0v) is 13.3. The van der Waals surface area contributed by atoms with Crippen LogP contribution >= 0.6 is 12.4 Å². The predicted octanol–water partition coefficient (Wildman–Crippen LogP) is 0.519. The van der Waals surface area contributed by atoms with E-state index in [1.165, 1.54) is 5.56 Å². The maximum Gasteiger partial charge on any atom is 0.280 e. The highest BCUT2D eigenvalue weighted by molar-refractivity contribution is 7.87. The van der Waals surface area contributed by atoms with Crippen molar-refractivity contribution in [1.29, 1.82) is 0 Å². The Morgan fingerprint density at radius 3 is 2.52 bits per heavy atom. The van der Waals surface area contributed by atoms with E-state index in [-0.39, 0.29) is 18.4 Å². The molecule has 0 aromatic heterocycles. The molecule has 0 amide bonds. The number of piperidine rings is 1. The minimum Gasteiger partial charge on any atom is -0.316 e. The van der Waals surface area contributed by atoms with Gasteiger partial charge in [0.05, 0.1) is 0 Å². The SMILES string of the molecule is Cl.O=S(=O)(NC1C2CNCC21)N1CCc2ccccc2C1. The van der Waals surface area contributed by atoms with Crippen molar-refractivity contribution in [3.63, 3.8) is 0 Å². The van der Waals surface area contributed by atoms with E-state index in [4.69, 9.17) is 0 Å². The summed E-state index contributed by atoms with van der Waals surface area (Å²) in [6.45, 7) is 2.96. The van der Waals surface area contributed by atoms with Crippen LogP contribution in [0.5, 0.6) is 0 Å². The molecule has 1 saturated heterocycles. The lowest BCUT2D eigenvalue weighted by Crippen LogP contribution is -2.45. The molecule has 2 atom stereocenters. The van der Waals surface area contributed by atoms with Crippen LogP contribution in [0.15, 0.2) is 24.3 Å². The fourth-order valence-corrected chi connectivity index (χ4v) is 5.00. The second kappa shape index (κ2) is 5.52. The first-order valence-electron chi connectivity index (χ1n) is 7.20. The van der Waals surface area contributed by atoms with Crippen LogP contribution < -0.4 is 10.0 Å². The molecule has 2 aliphatic heterocycles. The van der Waals surface area contributed by atoms with Crippen LogP contribution in [0.1, 0.15) is 11.1 Å². The molecular formula is C14H20ClN3O2S. The Kier molecular flexibility index (Phi) is 4.00. The summed E-state index contributed by atoms with van der Waals surface area (Å²) in [4.78, 5) is 0. The van der Waals surface area contributed by atoms with Crippen LogP contribution in [-0.2, 0) is 23.2 Å². The highest BCUT2D eigenvalue weighted by Crippen LogP contribution is 2.42. The van der Waals surface area contributed by atoms with Crippen LogP contribution in [0.3, 0.4) is 0 Å². The lowest BCUT2D eigenvalue weighted by Gasteiger charge is -2.28. The Hall–Kier alpha value is -0.660. The first kappa shape index (κ1) is 15.2. The van der Waals surface area contributed by atoms with Crippen molar-refractivity contribution in [2.75, 3.05) is 19.6 Å². The van der Waals surface area contributed by atoms with Gasteiger partial charge in [-0.05, 0) is 42.5 Å². The van der Waals surface area contributed by atoms with Gasteiger partial charge in [-0.3, -0.25) is 0 Å². The quantitative estimate of drug-likeness (QED) is 0.850. The van der Waals surface area contributed by atoms with E-state index in [0.717, 1.165) is 25.1 Å². The number of nitrogens with one attached hydrogen (secondary N) is 2. The number of fused-ring (bicyclic) bond motifs is 2. The first-order chi connectivity index (χ1) is 9.65. The number of hydrogen-bond donors (Lipinski definition) is 2. The summed E-state index contributed by atoms with van der Waals surface area (Å²) in [6, 6.07) is 8.24. The molecule has 1 saturated carbocycles. The smallest absolute Gasteiger partial charge is 0.280 e. The topological polar surface area (TPSA) is 61.4 Å². The molecule has 0 spiro atoms. The van der Waals surface area contributed by atoms with E-state index in [2.05, 4.69) is 16.1 Å². The molecule has 3 aliphatic rings. The highest BCUT2D eigenvalue weighted by atomic mass is 35.5. The standard InChI is InChI=1S/C14H19N3O2S.ClH/c18-20(19,16-14-12-7-15-8-13(12)14)17-6-5-10-3-1-2-4-11(10)9-17;/h1-4,12-16H,5-9H2;1H. The molecule has 2 N–H and O–H groups in total. The van der Waals surface area contributed by atoms with Gasteiger partial charge in [-0.15, -0.1) is 12.4 Å². The molecule has 2 fully saturated rings. The fourth-order valence-electron chi connectivity index (χ4n) is 3.51. The van der Waals surface area contributed by atoms with Gasteiger partial charge in [0.15, 0.2) is 0 Å². The van der Waals surface area contributed by atoms with Crippen LogP contribution in [0.2, 0.25) is 0 Å². The molecular weight excluding hydrogens is 310 g/mol. The van der Waals surface area contributed by atoms with Crippen LogP contribution in [-0.4, -0.2) is 38.4 Å². The van der Waals surface area contributed by atoms with E-state index in [1.54, 1.807) is 4.31 Å². The Labute approximate surface area is 131 Å². The Balaban J connectivity index is 0.00000132. The van der Waals surface area contributed by atoms with Crippen LogP contribution in [0.25, 0.3) is 0 Å². The molecule has 21 heavy (non-hydrogen) atoms. The highest BCUT2D eigenvalue weighted by Gasteiger charge is 2.54. The van der Waals surface area contributed by atoms with Crippen LogP contribution in [0.4, 0.5) is 0 Å². The molecule has 116 valence electrons. The van der Waals surface area contributed by atoms with Gasteiger partial charge in [-0.2, -0.15) is 17.4 Å². The van der Waals surface area contributed by atoms with E-state index < -0.39 is 10.2 Å². The summed E-state index contributed by atoms with van der Waals surface area (Å²) >= 11 is 0. The normalized spacial score (nSPS) is 31.1. The summed E-state index contributed by atoms with van der Waals surface area (Å²) in [6.07, 6.45) is 0.802. The van der Waals surface area contributed by atoms with Gasteiger partial charge in [0.25, 0.3) is 10.2 Å². The van der Waals surface area contributed by atoms with Crippen molar-refractivity contribution in [3.8, 4) is 0 Å². The minimum atomic E-state index is -3.35. The monoisotopic (exact) mass is 329 g/mol. The van der Waals surface area contributed by atoms with Gasteiger partial charge < -0.3 is 5.32 Å². The number of nitrogens with zero attached hydrogens (tertiary/aromatic N) is 1. The molecule has 0 bridgehead atoms. The van der Waals surface area contributed by atoms with Gasteiger partial charge in [0.1, 0.15) is 0 Å². The largest absolute Gasteiger partial charge is 0.316 e. The van der Waals surface area contributed by atoms with Gasteiger partial charge in [-0.1, -0.05) is 24.3 Å². The molecule has 1 aromatic rings. The average molecular weight is 330 g/mol. The van der Waals surface area contributed by atoms with Crippen molar-refractivity contribution in [3.05, 3.63) is 35.4 Å². The zero-order valence-electron chi connectivity index (χ0n) is 11.7. The molecule has 2 heterocycles. The summed E-state index contributed by atoms with van der Waals surface area (Å²) in [5, 5.41) is 3.28. The molecule has 5 nitrogen and oxygen atoms in total. The summed E-state index contributed by atoms with van der Waals surface area (Å²) in [5.41, 5.74) is 2.40. The Morgan fingerprint density at radius 2 is 1.81 bits per heavy atom. The lowest BCUT2D eigenvalue weighted by molar-refractivity contribution is 0.381. The van der Waals surface area contributed by atoms with E-state index >= 15 is 0 Å². The second-order valence-electron chi connectivity index (χ2n) is 5.99. The van der Waals surface area contributed by atoms with Crippen molar-refractivity contribution in [2.24, 2.45) is 11.8 Å². The van der Waals surface area contributed by atoms with E-state index in [9.17, 15) is 8.42 Å². The Morgan fingerprint density at radius 1 is 1.14 bits per heavy atom. The van der Waals surface area contributed by atoms with Crippen molar-refractivity contribution < 1.29 is 8.42 Å². The van der Waals surface area contributed by atoms with Crippen LogP contribution in [0, 0.1) is 11.8 Å². The molecule has 4 rings (SSSR count). The van der Waals surface area contributed by atoms with Gasteiger partial charge in [0, 0.05) is 19.1 Å². The first-order valence-corrected chi connectivity index (χ1v) is 8.64. The number of hydrogen-bond acceptors (Lipinski definition) is 3. The molecule has 7 heteroatoms. The average Bonchev–Trinajstić information content (AvgIpc) is 2.89. The minimum absolute atomic E-state index is 0. The predicted molar refractivity (Wildman–Crippen MR) is 83.5 cm³/mol. The third kappa shape index (κ3) is 2.71. The van der Waals surface area contributed by atoms with Crippen molar-refractivity contribution in [1.82, 2.24) is 14.3 Å².